The number of rotatable bonds is 38. The zero-order valence-electron chi connectivity index (χ0n) is 31.1. The van der Waals surface area contributed by atoms with Crippen LogP contribution >= 0.6 is 0 Å². The highest BCUT2D eigenvalue weighted by Crippen LogP contribution is 2.17. The number of aliphatic hydroxyl groups is 2. The van der Waals surface area contributed by atoms with Gasteiger partial charge >= 0.3 is 0 Å². The molecule has 0 aromatic carbocycles. The lowest BCUT2D eigenvalue weighted by atomic mass is 9.98. The average molecular weight is 636 g/mol. The Morgan fingerprint density at radius 1 is 0.400 bits per heavy atom. The van der Waals surface area contributed by atoms with E-state index in [9.17, 15) is 10.2 Å². The summed E-state index contributed by atoms with van der Waals surface area (Å²) >= 11 is 0. The lowest BCUT2D eigenvalue weighted by molar-refractivity contribution is 0.0710. The minimum Gasteiger partial charge on any atom is -0.391 e. The van der Waals surface area contributed by atoms with E-state index < -0.39 is 18.2 Å². The summed E-state index contributed by atoms with van der Waals surface area (Å²) in [7, 11) is 0. The number of allylic oxidation sites excluding steroid dienone is 1. The maximum atomic E-state index is 10.4. The molecule has 3 heteroatoms. The predicted molar refractivity (Wildman–Crippen MR) is 202 cm³/mol. The summed E-state index contributed by atoms with van der Waals surface area (Å²) in [5.41, 5.74) is 6.15. The van der Waals surface area contributed by atoms with Crippen LogP contribution < -0.4 is 5.73 Å². The largest absolute Gasteiger partial charge is 0.391 e. The van der Waals surface area contributed by atoms with Crippen LogP contribution in [0.1, 0.15) is 239 Å². The van der Waals surface area contributed by atoms with Crippen LogP contribution in [0.5, 0.6) is 0 Å². The molecule has 0 heterocycles. The van der Waals surface area contributed by atoms with E-state index in [1.807, 2.05) is 6.08 Å². The molecule has 45 heavy (non-hydrogen) atoms. The smallest absolute Gasteiger partial charge is 0.0897 e. The van der Waals surface area contributed by atoms with E-state index in [-0.39, 0.29) is 0 Å². The lowest BCUT2D eigenvalue weighted by Crippen LogP contribution is -2.43. The van der Waals surface area contributed by atoms with Crippen LogP contribution in [0.25, 0.3) is 0 Å². The van der Waals surface area contributed by atoms with Gasteiger partial charge in [-0.25, -0.2) is 0 Å². The van der Waals surface area contributed by atoms with Crippen molar-refractivity contribution in [2.24, 2.45) is 5.73 Å². The second-order valence-corrected chi connectivity index (χ2v) is 14.6. The van der Waals surface area contributed by atoms with Crippen LogP contribution in [0.15, 0.2) is 12.2 Å². The van der Waals surface area contributed by atoms with Crippen molar-refractivity contribution in [2.45, 2.75) is 257 Å². The van der Waals surface area contributed by atoms with Crippen molar-refractivity contribution in [3.05, 3.63) is 12.2 Å². The second kappa shape index (κ2) is 38.1. The van der Waals surface area contributed by atoms with Crippen LogP contribution in [0.2, 0.25) is 0 Å². The van der Waals surface area contributed by atoms with Gasteiger partial charge < -0.3 is 15.9 Å². The van der Waals surface area contributed by atoms with Gasteiger partial charge in [0.15, 0.2) is 0 Å². The minimum atomic E-state index is -0.743. The quantitative estimate of drug-likeness (QED) is 0.0467. The molecule has 0 spiro atoms. The molecular formula is C42H85NO2. The minimum absolute atomic E-state index is 0.575. The molecule has 0 amide bonds. The highest BCUT2D eigenvalue weighted by molar-refractivity contribution is 4.96. The molecule has 0 fully saturated rings. The molecule has 0 aliphatic rings. The standard InChI is InChI=1S/C42H85NO2/c1-3-5-7-9-11-13-15-17-18-19-20-21-22-23-24-25-27-29-31-33-35-37-39-41(45)42(43)40(44)38-36-34-32-30-28-26-16-14-12-10-8-6-4-2/h36,38,40-42,44-45H,3-35,37,39,43H2,1-2H3/b38-36+/t40-,41?,42-/m1/s1. The number of hydrogen-bond donors (Lipinski definition) is 3. The van der Waals surface area contributed by atoms with Crippen LogP contribution in [0, 0.1) is 0 Å². The van der Waals surface area contributed by atoms with E-state index in [0.717, 1.165) is 19.3 Å². The maximum absolute atomic E-state index is 10.4. The fourth-order valence-corrected chi connectivity index (χ4v) is 6.67. The van der Waals surface area contributed by atoms with Crippen molar-refractivity contribution in [3.63, 3.8) is 0 Å². The van der Waals surface area contributed by atoms with Crippen LogP contribution in [-0.2, 0) is 0 Å². The molecule has 0 aromatic heterocycles. The molecule has 4 N–H and O–H groups in total. The Kier molecular flexibility index (Phi) is 37.8. The Morgan fingerprint density at radius 3 is 0.978 bits per heavy atom. The molecule has 0 saturated carbocycles. The van der Waals surface area contributed by atoms with E-state index in [1.165, 1.54) is 199 Å². The van der Waals surface area contributed by atoms with Gasteiger partial charge in [-0.15, -0.1) is 0 Å². The number of hydrogen-bond acceptors (Lipinski definition) is 3. The highest BCUT2D eigenvalue weighted by Gasteiger charge is 2.20. The van der Waals surface area contributed by atoms with Gasteiger partial charge in [-0.1, -0.05) is 231 Å². The van der Waals surface area contributed by atoms with Crippen molar-refractivity contribution in [3.8, 4) is 0 Å². The van der Waals surface area contributed by atoms with Gasteiger partial charge in [-0.2, -0.15) is 0 Å². The first-order chi connectivity index (χ1) is 22.1. The molecule has 270 valence electrons. The first-order valence-electron chi connectivity index (χ1n) is 20.9. The molecule has 0 aromatic rings. The molecule has 0 aliphatic carbocycles. The summed E-state index contributed by atoms with van der Waals surface area (Å²) in [6.45, 7) is 4.57. The third kappa shape index (κ3) is 34.8. The molecule has 1 unspecified atom stereocenters. The van der Waals surface area contributed by atoms with Gasteiger partial charge in [0.25, 0.3) is 0 Å². The summed E-state index contributed by atoms with van der Waals surface area (Å²) in [4.78, 5) is 0. The third-order valence-corrected chi connectivity index (χ3v) is 10.00. The van der Waals surface area contributed by atoms with E-state index >= 15 is 0 Å². The second-order valence-electron chi connectivity index (χ2n) is 14.6. The summed E-state index contributed by atoms with van der Waals surface area (Å²) in [5, 5.41) is 20.8. The van der Waals surface area contributed by atoms with Crippen LogP contribution in [0.4, 0.5) is 0 Å². The fraction of sp³-hybridized carbons (Fsp3) is 0.952. The Morgan fingerprint density at radius 2 is 0.667 bits per heavy atom. The van der Waals surface area contributed by atoms with E-state index in [4.69, 9.17) is 5.73 Å². The van der Waals surface area contributed by atoms with Gasteiger partial charge in [0.2, 0.25) is 0 Å². The summed E-state index contributed by atoms with van der Waals surface area (Å²) in [6.07, 6.45) is 49.5. The van der Waals surface area contributed by atoms with Gasteiger partial charge in [-0.3, -0.25) is 0 Å². The highest BCUT2D eigenvalue weighted by atomic mass is 16.3. The predicted octanol–water partition coefficient (Wildman–Crippen LogP) is 13.3. The molecular weight excluding hydrogens is 550 g/mol. The third-order valence-electron chi connectivity index (χ3n) is 10.00. The topological polar surface area (TPSA) is 66.5 Å². The van der Waals surface area contributed by atoms with E-state index in [0.29, 0.717) is 6.42 Å². The van der Waals surface area contributed by atoms with E-state index in [2.05, 4.69) is 19.9 Å². The first-order valence-corrected chi connectivity index (χ1v) is 20.9. The number of nitrogens with two attached hydrogens (primary N) is 1. The van der Waals surface area contributed by atoms with Crippen molar-refractivity contribution in [2.75, 3.05) is 0 Å². The maximum Gasteiger partial charge on any atom is 0.0897 e. The summed E-state index contributed by atoms with van der Waals surface area (Å²) in [5.74, 6) is 0. The zero-order valence-corrected chi connectivity index (χ0v) is 31.1. The van der Waals surface area contributed by atoms with Crippen molar-refractivity contribution in [1.82, 2.24) is 0 Å². The zero-order chi connectivity index (χ0) is 32.9. The lowest BCUT2D eigenvalue weighted by Gasteiger charge is -2.22. The van der Waals surface area contributed by atoms with Crippen molar-refractivity contribution in [1.29, 1.82) is 0 Å². The summed E-state index contributed by atoms with van der Waals surface area (Å²) < 4.78 is 0. The fourth-order valence-electron chi connectivity index (χ4n) is 6.67. The van der Waals surface area contributed by atoms with Crippen molar-refractivity contribution < 1.29 is 10.2 Å². The summed E-state index contributed by atoms with van der Waals surface area (Å²) in [6, 6.07) is -0.575. The Balaban J connectivity index is 3.40. The monoisotopic (exact) mass is 636 g/mol. The van der Waals surface area contributed by atoms with Crippen molar-refractivity contribution >= 4 is 0 Å². The molecule has 3 atom stereocenters. The van der Waals surface area contributed by atoms with Gasteiger partial charge in [0, 0.05) is 0 Å². The number of aliphatic hydroxyl groups excluding tert-OH is 2. The Hall–Kier alpha value is -0.380. The molecule has 0 aliphatic heterocycles. The SMILES string of the molecule is CCCCCCCCCCCCC/C=C/[C@@H](O)[C@@H](N)C(O)CCCCCCCCCCCCCCCCCCCCCCCC. The van der Waals surface area contributed by atoms with Crippen LogP contribution in [0.3, 0.4) is 0 Å². The molecule has 0 rings (SSSR count). The number of unbranched alkanes of at least 4 members (excludes halogenated alkanes) is 32. The van der Waals surface area contributed by atoms with E-state index in [1.54, 1.807) is 0 Å². The average Bonchev–Trinajstić information content (AvgIpc) is 3.05. The molecule has 0 bridgehead atoms. The van der Waals surface area contributed by atoms with Gasteiger partial charge in [0.1, 0.15) is 0 Å². The van der Waals surface area contributed by atoms with Gasteiger partial charge in [-0.05, 0) is 19.3 Å². The van der Waals surface area contributed by atoms with Gasteiger partial charge in [0.05, 0.1) is 18.2 Å². The normalized spacial score (nSPS) is 14.0. The van der Waals surface area contributed by atoms with Crippen LogP contribution in [-0.4, -0.2) is 28.5 Å². The molecule has 0 radical (unpaired) electrons. The molecule has 0 saturated heterocycles. The Bertz CT molecular complexity index is 565. The Labute approximate surface area is 284 Å². The first kappa shape index (κ1) is 44.6. The molecule has 3 nitrogen and oxygen atoms in total.